The first kappa shape index (κ1) is 35.3. The van der Waals surface area contributed by atoms with E-state index in [0.717, 1.165) is 11.3 Å². The maximum absolute atomic E-state index is 15.6. The van der Waals surface area contributed by atoms with Crippen LogP contribution in [0, 0.1) is 18.6 Å². The van der Waals surface area contributed by atoms with E-state index >= 15 is 8.78 Å². The fourth-order valence-corrected chi connectivity index (χ4v) is 5.79. The largest absolute Gasteiger partial charge is 0.465 e. The van der Waals surface area contributed by atoms with Gasteiger partial charge in [-0.2, -0.15) is 26.3 Å². The van der Waals surface area contributed by atoms with Crippen molar-refractivity contribution in [2.75, 3.05) is 25.1 Å². The highest BCUT2D eigenvalue weighted by Gasteiger charge is 2.42. The first-order valence-electron chi connectivity index (χ1n) is 15.2. The lowest BCUT2D eigenvalue weighted by atomic mass is 9.94. The second-order valence-electron chi connectivity index (χ2n) is 11.9. The Labute approximate surface area is 284 Å². The smallest absolute Gasteiger partial charge is 0.416 e. The Morgan fingerprint density at radius 1 is 0.922 bits per heavy atom. The number of alkyl halides is 6. The van der Waals surface area contributed by atoms with Gasteiger partial charge in [-0.3, -0.25) is 4.90 Å². The quantitative estimate of drug-likeness (QED) is 0.140. The molecule has 0 N–H and O–H groups in total. The van der Waals surface area contributed by atoms with Crippen molar-refractivity contribution in [1.82, 2.24) is 14.9 Å². The third-order valence-corrected chi connectivity index (χ3v) is 8.59. The molecule has 2 saturated heterocycles. The number of carbonyl (C=O) groups excluding carboxylic acids is 2. The third kappa shape index (κ3) is 6.81. The fourth-order valence-electron chi connectivity index (χ4n) is 5.79. The number of methoxy groups -OCH3 is 1. The third-order valence-electron chi connectivity index (χ3n) is 8.59. The van der Waals surface area contributed by atoms with Gasteiger partial charge in [-0.25, -0.2) is 28.3 Å². The van der Waals surface area contributed by atoms with Crippen LogP contribution in [-0.2, 0) is 28.4 Å². The number of hydrogen-bond acceptors (Lipinski definition) is 7. The number of nitrogens with zero attached hydrogens (tertiary/aromatic N) is 4. The van der Waals surface area contributed by atoms with Crippen molar-refractivity contribution in [3.05, 3.63) is 112 Å². The van der Waals surface area contributed by atoms with E-state index in [-0.39, 0.29) is 45.7 Å². The highest BCUT2D eigenvalue weighted by Crippen LogP contribution is 2.43. The van der Waals surface area contributed by atoms with Crippen molar-refractivity contribution in [1.29, 1.82) is 0 Å². The molecule has 2 aliphatic rings. The Morgan fingerprint density at radius 3 is 2.10 bits per heavy atom. The first-order valence-corrected chi connectivity index (χ1v) is 15.2. The topological polar surface area (TPSA) is 84.9 Å². The molecule has 0 bridgehead atoms. The molecular formula is C35H26F8N4O4. The van der Waals surface area contributed by atoms with Crippen LogP contribution in [0.25, 0.3) is 22.3 Å². The second kappa shape index (κ2) is 13.0. The average molecular weight is 719 g/mol. The first-order chi connectivity index (χ1) is 24.0. The summed E-state index contributed by atoms with van der Waals surface area (Å²) in [6, 6.07) is 7.04. The van der Waals surface area contributed by atoms with Gasteiger partial charge in [0.1, 0.15) is 11.6 Å². The highest BCUT2D eigenvalue weighted by atomic mass is 19.4. The highest BCUT2D eigenvalue weighted by molar-refractivity contribution is 5.91. The Kier molecular flexibility index (Phi) is 8.98. The molecule has 6 rings (SSSR count). The molecule has 3 heterocycles. The van der Waals surface area contributed by atoms with E-state index in [1.165, 1.54) is 37.6 Å². The van der Waals surface area contributed by atoms with E-state index in [9.17, 15) is 35.9 Å². The summed E-state index contributed by atoms with van der Waals surface area (Å²) < 4.78 is 122. The van der Waals surface area contributed by atoms with Crippen molar-refractivity contribution in [2.45, 2.75) is 38.3 Å². The van der Waals surface area contributed by atoms with Gasteiger partial charge in [-0.05, 0) is 66.4 Å². The Hall–Kier alpha value is -5.54. The van der Waals surface area contributed by atoms with E-state index in [4.69, 9.17) is 9.47 Å². The number of anilines is 1. The van der Waals surface area contributed by atoms with Gasteiger partial charge in [-0.1, -0.05) is 12.6 Å². The number of aromatic nitrogens is 2. The van der Waals surface area contributed by atoms with E-state index in [1.54, 1.807) is 11.8 Å². The number of cyclic esters (lactones) is 1. The number of rotatable bonds is 7. The molecule has 1 amide bonds. The van der Waals surface area contributed by atoms with E-state index in [1.807, 2.05) is 0 Å². The van der Waals surface area contributed by atoms with Crippen LogP contribution >= 0.6 is 0 Å². The molecule has 1 atom stereocenters. The van der Waals surface area contributed by atoms with Crippen LogP contribution in [0.15, 0.2) is 67.0 Å². The standard InChI is InChI=1S/C35H26F8N4O4/c1-17-9-19(31(48)50-3)5-6-23(17)24-13-25(28(37)14-27(24)36)26-15-44-32(46-7-4-8-46)45-29(26)16-47-18(2)30(51-33(47)49)20-10-21(34(38,39)40)12-22(11-20)35(41,42)43/h5-6,9-15,30H,2,4,7-8,16H2,1,3H3. The van der Waals surface area contributed by atoms with E-state index in [2.05, 4.69) is 16.5 Å². The van der Waals surface area contributed by atoms with Gasteiger partial charge >= 0.3 is 24.4 Å². The summed E-state index contributed by atoms with van der Waals surface area (Å²) in [7, 11) is 1.21. The second-order valence-corrected chi connectivity index (χ2v) is 11.9. The molecule has 3 aromatic carbocycles. The average Bonchev–Trinajstić information content (AvgIpc) is 3.32. The van der Waals surface area contributed by atoms with Gasteiger partial charge in [0.25, 0.3) is 0 Å². The van der Waals surface area contributed by atoms with Crippen LogP contribution < -0.4 is 4.90 Å². The zero-order valence-corrected chi connectivity index (χ0v) is 26.8. The Morgan fingerprint density at radius 2 is 1.55 bits per heavy atom. The number of ether oxygens (including phenoxy) is 2. The van der Waals surface area contributed by atoms with Crippen molar-refractivity contribution < 1.29 is 54.2 Å². The molecule has 51 heavy (non-hydrogen) atoms. The molecule has 0 aliphatic carbocycles. The SMILES string of the molecule is C=C1C(c2cc(C(F)(F)F)cc(C(F)(F)F)c2)OC(=O)N1Cc1nc(N2CCC2)ncc1-c1cc(-c2ccc(C(=O)OC)cc2C)c(F)cc1F. The number of esters is 1. The summed E-state index contributed by atoms with van der Waals surface area (Å²) >= 11 is 0. The lowest BCUT2D eigenvalue weighted by Gasteiger charge is -2.31. The monoisotopic (exact) mass is 718 g/mol. The lowest BCUT2D eigenvalue weighted by Crippen LogP contribution is -2.38. The maximum Gasteiger partial charge on any atom is 0.416 e. The number of halogens is 8. The summed E-state index contributed by atoms with van der Waals surface area (Å²) in [5.74, 6) is -2.36. The van der Waals surface area contributed by atoms with Gasteiger partial charge < -0.3 is 14.4 Å². The van der Waals surface area contributed by atoms with Crippen molar-refractivity contribution in [3.63, 3.8) is 0 Å². The Balaban J connectivity index is 1.40. The van der Waals surface area contributed by atoms with Crippen LogP contribution in [0.4, 0.5) is 45.9 Å². The number of benzene rings is 3. The normalized spacial score (nSPS) is 16.3. The molecule has 1 unspecified atom stereocenters. The molecular weight excluding hydrogens is 692 g/mol. The predicted molar refractivity (Wildman–Crippen MR) is 166 cm³/mol. The van der Waals surface area contributed by atoms with E-state index in [0.29, 0.717) is 42.4 Å². The number of amides is 1. The molecule has 2 fully saturated rings. The maximum atomic E-state index is 15.6. The summed E-state index contributed by atoms with van der Waals surface area (Å²) in [6.45, 7) is 6.01. The minimum absolute atomic E-state index is 0.0000999. The van der Waals surface area contributed by atoms with Gasteiger partial charge in [-0.15, -0.1) is 0 Å². The molecule has 4 aromatic rings. The molecule has 0 saturated carbocycles. The number of hydrogen-bond donors (Lipinski definition) is 0. The fraction of sp³-hybridized carbons (Fsp3) is 0.257. The van der Waals surface area contributed by atoms with Crippen molar-refractivity contribution in [2.24, 2.45) is 0 Å². The van der Waals surface area contributed by atoms with Gasteiger partial charge in [0.2, 0.25) is 5.95 Å². The predicted octanol–water partition coefficient (Wildman–Crippen LogP) is 8.64. The molecule has 8 nitrogen and oxygen atoms in total. The molecule has 16 heteroatoms. The van der Waals surface area contributed by atoms with E-state index < -0.39 is 65.4 Å². The summed E-state index contributed by atoms with van der Waals surface area (Å²) in [5, 5.41) is 0. The van der Waals surface area contributed by atoms with Crippen molar-refractivity contribution >= 4 is 18.0 Å². The van der Waals surface area contributed by atoms with Gasteiger partial charge in [0.05, 0.1) is 41.7 Å². The van der Waals surface area contributed by atoms with Crippen LogP contribution in [0.2, 0.25) is 0 Å². The van der Waals surface area contributed by atoms with Gasteiger partial charge in [0.15, 0.2) is 6.10 Å². The zero-order chi connectivity index (χ0) is 37.0. The van der Waals surface area contributed by atoms with Crippen LogP contribution in [-0.4, -0.2) is 47.1 Å². The minimum Gasteiger partial charge on any atom is -0.465 e. The lowest BCUT2D eigenvalue weighted by molar-refractivity contribution is -0.143. The van der Waals surface area contributed by atoms with Crippen LogP contribution in [0.1, 0.15) is 50.8 Å². The van der Waals surface area contributed by atoms with Crippen LogP contribution in [0.3, 0.4) is 0 Å². The summed E-state index contributed by atoms with van der Waals surface area (Å²) in [4.78, 5) is 36.7. The van der Waals surface area contributed by atoms with Crippen LogP contribution in [0.5, 0.6) is 0 Å². The molecule has 1 aromatic heterocycles. The van der Waals surface area contributed by atoms with Crippen molar-refractivity contribution in [3.8, 4) is 22.3 Å². The number of aryl methyl sites for hydroxylation is 1. The minimum atomic E-state index is -5.15. The summed E-state index contributed by atoms with van der Waals surface area (Å²) in [6.07, 6.45) is -11.1. The Bertz CT molecular complexity index is 2050. The number of carbonyl (C=O) groups is 2. The zero-order valence-electron chi connectivity index (χ0n) is 26.8. The van der Waals surface area contributed by atoms with Gasteiger partial charge in [0, 0.05) is 42.0 Å². The molecule has 2 aliphatic heterocycles. The summed E-state index contributed by atoms with van der Waals surface area (Å²) in [5.41, 5.74) is -3.38. The molecule has 0 spiro atoms. The molecule has 266 valence electrons. The molecule has 0 radical (unpaired) electrons.